The lowest BCUT2D eigenvalue weighted by Crippen LogP contribution is -1.95. The average Bonchev–Trinajstić information content (AvgIpc) is 2.70. The number of hydrogen-bond acceptors (Lipinski definition) is 4. The molecular weight excluding hydrogens is 320 g/mol. The lowest BCUT2D eigenvalue weighted by molar-refractivity contribution is 1.08. The Balaban J connectivity index is 1.57. The van der Waals surface area contributed by atoms with Crippen molar-refractivity contribution in [3.8, 4) is 33.9 Å². The Morgan fingerprint density at radius 1 is 0.423 bits per heavy atom. The minimum absolute atomic E-state index is 0.524. The van der Waals surface area contributed by atoms with Crippen molar-refractivity contribution in [1.82, 2.24) is 19.9 Å². The van der Waals surface area contributed by atoms with E-state index in [2.05, 4.69) is 82.3 Å². The lowest BCUT2D eigenvalue weighted by atomic mass is 10.1. The zero-order chi connectivity index (χ0) is 17.9. The van der Waals surface area contributed by atoms with Crippen LogP contribution in [-0.2, 0) is 0 Å². The molecule has 0 spiro atoms. The fraction of sp³-hybridized carbons (Fsp3) is 0.0909. The maximum Gasteiger partial charge on any atom is 0.197 e. The molecule has 2 heterocycles. The molecule has 0 saturated heterocycles. The summed E-state index contributed by atoms with van der Waals surface area (Å²) in [6.07, 6.45) is 7.24. The highest BCUT2D eigenvalue weighted by molar-refractivity contribution is 5.64. The number of nitrogens with zero attached hydrogens (tertiary/aromatic N) is 4. The van der Waals surface area contributed by atoms with E-state index in [0.717, 1.165) is 22.3 Å². The first-order valence-electron chi connectivity index (χ1n) is 8.47. The zero-order valence-electron chi connectivity index (χ0n) is 14.7. The summed E-state index contributed by atoms with van der Waals surface area (Å²) in [5.74, 6) is 1.05. The van der Waals surface area contributed by atoms with Gasteiger partial charge in [0.15, 0.2) is 11.6 Å². The molecule has 0 saturated carbocycles. The Hall–Kier alpha value is -3.40. The van der Waals surface area contributed by atoms with Crippen molar-refractivity contribution in [3.63, 3.8) is 0 Å². The smallest absolute Gasteiger partial charge is 0.197 e. The predicted octanol–water partition coefficient (Wildman–Crippen LogP) is 4.88. The van der Waals surface area contributed by atoms with Crippen molar-refractivity contribution in [3.05, 3.63) is 84.4 Å². The summed E-state index contributed by atoms with van der Waals surface area (Å²) in [5, 5.41) is 0. The maximum absolute atomic E-state index is 4.43. The van der Waals surface area contributed by atoms with Crippen LogP contribution in [-0.4, -0.2) is 19.9 Å². The predicted molar refractivity (Wildman–Crippen MR) is 103 cm³/mol. The van der Waals surface area contributed by atoms with Gasteiger partial charge in [0.25, 0.3) is 0 Å². The van der Waals surface area contributed by atoms with Gasteiger partial charge in [-0.1, -0.05) is 59.7 Å². The molecule has 0 N–H and O–H groups in total. The number of hydrogen-bond donors (Lipinski definition) is 0. The van der Waals surface area contributed by atoms with E-state index in [9.17, 15) is 0 Å². The van der Waals surface area contributed by atoms with Gasteiger partial charge in [0.2, 0.25) is 0 Å². The molecule has 0 amide bonds. The molecule has 26 heavy (non-hydrogen) atoms. The van der Waals surface area contributed by atoms with Gasteiger partial charge in [-0.3, -0.25) is 0 Å². The molecule has 0 bridgehead atoms. The van der Waals surface area contributed by atoms with Gasteiger partial charge in [-0.2, -0.15) is 0 Å². The van der Waals surface area contributed by atoms with Crippen LogP contribution in [0, 0.1) is 13.8 Å². The van der Waals surface area contributed by atoms with Gasteiger partial charge in [-0.05, 0) is 25.0 Å². The van der Waals surface area contributed by atoms with Crippen LogP contribution in [0.15, 0.2) is 73.3 Å². The number of aromatic nitrogens is 4. The van der Waals surface area contributed by atoms with Gasteiger partial charge in [0.05, 0.1) is 0 Å². The van der Waals surface area contributed by atoms with E-state index in [1.54, 1.807) is 0 Å². The maximum atomic E-state index is 4.43. The van der Waals surface area contributed by atoms with E-state index < -0.39 is 0 Å². The average molecular weight is 338 g/mol. The van der Waals surface area contributed by atoms with Crippen LogP contribution in [0.3, 0.4) is 0 Å². The fourth-order valence-corrected chi connectivity index (χ4v) is 2.68. The molecular formula is C22H18N4. The van der Waals surface area contributed by atoms with E-state index in [1.165, 1.54) is 11.1 Å². The van der Waals surface area contributed by atoms with Crippen LogP contribution in [0.25, 0.3) is 33.9 Å². The topological polar surface area (TPSA) is 51.6 Å². The van der Waals surface area contributed by atoms with Crippen LogP contribution >= 0.6 is 0 Å². The third kappa shape index (κ3) is 3.35. The number of aryl methyl sites for hydroxylation is 2. The third-order valence-electron chi connectivity index (χ3n) is 4.27. The Labute approximate surface area is 152 Å². The molecule has 0 aliphatic heterocycles. The highest BCUT2D eigenvalue weighted by Crippen LogP contribution is 2.21. The lowest BCUT2D eigenvalue weighted by Gasteiger charge is -2.04. The first kappa shape index (κ1) is 16.1. The molecule has 2 aromatic carbocycles. The van der Waals surface area contributed by atoms with Crippen molar-refractivity contribution >= 4 is 0 Å². The van der Waals surface area contributed by atoms with Crippen LogP contribution in [0.2, 0.25) is 0 Å². The quantitative estimate of drug-likeness (QED) is 0.534. The molecule has 0 fully saturated rings. The summed E-state index contributed by atoms with van der Waals surface area (Å²) < 4.78 is 0. The Bertz CT molecular complexity index is 917. The summed E-state index contributed by atoms with van der Waals surface area (Å²) in [4.78, 5) is 17.7. The van der Waals surface area contributed by atoms with Crippen LogP contribution < -0.4 is 0 Å². The van der Waals surface area contributed by atoms with E-state index in [4.69, 9.17) is 0 Å². The molecule has 0 radical (unpaired) electrons. The molecule has 4 rings (SSSR count). The number of rotatable bonds is 3. The molecule has 4 aromatic rings. The zero-order valence-corrected chi connectivity index (χ0v) is 14.7. The van der Waals surface area contributed by atoms with Crippen LogP contribution in [0.4, 0.5) is 0 Å². The van der Waals surface area contributed by atoms with E-state index in [-0.39, 0.29) is 0 Å². The second-order valence-electron chi connectivity index (χ2n) is 6.32. The second-order valence-corrected chi connectivity index (χ2v) is 6.32. The van der Waals surface area contributed by atoms with Crippen molar-refractivity contribution < 1.29 is 0 Å². The highest BCUT2D eigenvalue weighted by atomic mass is 15.0. The summed E-state index contributed by atoms with van der Waals surface area (Å²) in [6.45, 7) is 4.14. The van der Waals surface area contributed by atoms with Gasteiger partial charge in [0, 0.05) is 35.9 Å². The van der Waals surface area contributed by atoms with E-state index in [1.807, 2.05) is 24.8 Å². The van der Waals surface area contributed by atoms with E-state index >= 15 is 0 Å². The molecule has 126 valence electrons. The Morgan fingerprint density at radius 3 is 1.04 bits per heavy atom. The summed E-state index contributed by atoms with van der Waals surface area (Å²) in [7, 11) is 0. The minimum Gasteiger partial charge on any atom is -0.233 e. The van der Waals surface area contributed by atoms with Gasteiger partial charge in [-0.15, -0.1) is 0 Å². The molecule has 2 aromatic heterocycles. The summed E-state index contributed by atoms with van der Waals surface area (Å²) in [5.41, 5.74) is 6.60. The summed E-state index contributed by atoms with van der Waals surface area (Å²) >= 11 is 0. The third-order valence-corrected chi connectivity index (χ3v) is 4.27. The first-order chi connectivity index (χ1) is 12.7. The molecule has 0 aliphatic carbocycles. The van der Waals surface area contributed by atoms with Crippen molar-refractivity contribution in [2.75, 3.05) is 0 Å². The molecule has 4 nitrogen and oxygen atoms in total. The molecule has 4 heteroatoms. The minimum atomic E-state index is 0.524. The first-order valence-corrected chi connectivity index (χ1v) is 8.47. The monoisotopic (exact) mass is 338 g/mol. The largest absolute Gasteiger partial charge is 0.233 e. The van der Waals surface area contributed by atoms with E-state index in [0.29, 0.717) is 11.6 Å². The van der Waals surface area contributed by atoms with Crippen molar-refractivity contribution in [2.45, 2.75) is 13.8 Å². The van der Waals surface area contributed by atoms with Crippen LogP contribution in [0.5, 0.6) is 0 Å². The van der Waals surface area contributed by atoms with Gasteiger partial charge in [0.1, 0.15) is 0 Å². The highest BCUT2D eigenvalue weighted by Gasteiger charge is 2.07. The molecule has 0 aliphatic rings. The molecule has 0 unspecified atom stereocenters. The Kier molecular flexibility index (Phi) is 4.23. The fourth-order valence-electron chi connectivity index (χ4n) is 2.68. The molecule has 0 atom stereocenters. The van der Waals surface area contributed by atoms with Crippen LogP contribution in [0.1, 0.15) is 11.1 Å². The van der Waals surface area contributed by atoms with Gasteiger partial charge in [-0.25, -0.2) is 19.9 Å². The second kappa shape index (κ2) is 6.84. The summed E-state index contributed by atoms with van der Waals surface area (Å²) in [6, 6.07) is 16.6. The van der Waals surface area contributed by atoms with Gasteiger partial charge >= 0.3 is 0 Å². The Morgan fingerprint density at radius 2 is 0.731 bits per heavy atom. The number of benzene rings is 2. The van der Waals surface area contributed by atoms with Gasteiger partial charge < -0.3 is 0 Å². The standard InChI is InChI=1S/C22H18N4/c1-15-3-7-17(8-4-15)19-11-23-21(24-12-19)22-25-13-20(14-26-22)18-9-5-16(2)6-10-18/h3-14H,1-2H3. The normalized spacial score (nSPS) is 10.7. The van der Waals surface area contributed by atoms with Crippen molar-refractivity contribution in [1.29, 1.82) is 0 Å². The SMILES string of the molecule is Cc1ccc(-c2cnc(-c3ncc(-c4ccc(C)cc4)cn3)nc2)cc1. The van der Waals surface area contributed by atoms with Crippen molar-refractivity contribution in [2.24, 2.45) is 0 Å².